The van der Waals surface area contributed by atoms with Crippen LogP contribution in [0.15, 0.2) is 89.3 Å². The summed E-state index contributed by atoms with van der Waals surface area (Å²) in [6.45, 7) is 21.8. The molecular formula is C56H72N8S4. The van der Waals surface area contributed by atoms with Gasteiger partial charge in [-0.1, -0.05) is 0 Å². The fourth-order valence-electron chi connectivity index (χ4n) is 11.6. The van der Waals surface area contributed by atoms with Crippen molar-refractivity contribution in [2.75, 3.05) is 0 Å². The zero-order chi connectivity index (χ0) is 47.6. The summed E-state index contributed by atoms with van der Waals surface area (Å²) in [5, 5.41) is 13.6. The van der Waals surface area contributed by atoms with E-state index in [-0.39, 0.29) is 12.1 Å². The van der Waals surface area contributed by atoms with Crippen LogP contribution in [-0.2, 0) is 0 Å². The second-order valence-corrected chi connectivity index (χ2v) is 25.6. The highest BCUT2D eigenvalue weighted by molar-refractivity contribution is 7.12. The van der Waals surface area contributed by atoms with E-state index in [0.29, 0.717) is 12.1 Å². The minimum absolute atomic E-state index is 0.284. The molecule has 8 heterocycles. The first-order valence-electron chi connectivity index (χ1n) is 25.2. The molecule has 12 rings (SSSR count). The first-order chi connectivity index (χ1) is 32.8. The summed E-state index contributed by atoms with van der Waals surface area (Å²) >= 11 is 7.54. The molecule has 4 aromatic heterocycles. The molecule has 0 amide bonds. The van der Waals surface area contributed by atoms with Gasteiger partial charge in [-0.3, -0.25) is 20.0 Å². The molecule has 8 nitrogen and oxygen atoms in total. The molecule has 0 saturated carbocycles. The Kier molecular flexibility index (Phi) is 15.3. The zero-order valence-corrected chi connectivity index (χ0v) is 45.4. The van der Waals surface area contributed by atoms with Gasteiger partial charge in [-0.25, -0.2) is 0 Å². The number of aryl methyl sites for hydroxylation is 8. The van der Waals surface area contributed by atoms with Crippen molar-refractivity contribution in [2.45, 2.75) is 183 Å². The maximum atomic E-state index is 4.87. The highest BCUT2D eigenvalue weighted by Crippen LogP contribution is 2.45. The molecular weight excluding hydrogens is 913 g/mol. The Labute approximate surface area is 422 Å². The van der Waals surface area contributed by atoms with E-state index < -0.39 is 0 Å². The quantitative estimate of drug-likeness (QED) is 0.164. The number of amidine groups is 2. The third kappa shape index (κ3) is 10.7. The topological polar surface area (TPSA) is 97.6 Å². The SMILES string of the molecule is CC1=NC(c2cc(C)sc2C)C2=C(CCC2)N1.CC1=NC(c2cc(C)sc2C)C2=C(CCCC2)N1.Cc1cc(C2N=CNC3=C2CCC3)c(C)s1.Cc1cc(C2N=CNC3=C2CCCC3)c(C)s1. The summed E-state index contributed by atoms with van der Waals surface area (Å²) in [7, 11) is 0. The Morgan fingerprint density at radius 3 is 1.03 bits per heavy atom. The summed E-state index contributed by atoms with van der Waals surface area (Å²) < 4.78 is 0. The normalized spacial score (nSPS) is 23.5. The first-order valence-corrected chi connectivity index (χ1v) is 28.4. The maximum Gasteiger partial charge on any atom is 0.101 e. The van der Waals surface area contributed by atoms with Crippen LogP contribution in [0.3, 0.4) is 0 Å². The van der Waals surface area contributed by atoms with Gasteiger partial charge in [-0.2, -0.15) is 0 Å². The van der Waals surface area contributed by atoms with Gasteiger partial charge in [0.2, 0.25) is 0 Å². The van der Waals surface area contributed by atoms with Gasteiger partial charge in [0.05, 0.1) is 24.3 Å². The average molecular weight is 986 g/mol. The summed E-state index contributed by atoms with van der Waals surface area (Å²) in [5.74, 6) is 2.14. The fourth-order valence-corrected chi connectivity index (χ4v) is 15.4. The molecule has 0 fully saturated rings. The number of nitrogens with zero attached hydrogens (tertiary/aromatic N) is 4. The molecule has 4 atom stereocenters. The van der Waals surface area contributed by atoms with Crippen LogP contribution in [0.4, 0.5) is 0 Å². The highest BCUT2D eigenvalue weighted by atomic mass is 32.1. The van der Waals surface area contributed by atoms with E-state index in [1.54, 1.807) is 0 Å². The van der Waals surface area contributed by atoms with Crippen LogP contribution in [0.25, 0.3) is 0 Å². The second kappa shape index (κ2) is 21.3. The van der Waals surface area contributed by atoms with Crippen molar-refractivity contribution in [1.29, 1.82) is 0 Å². The second-order valence-electron chi connectivity index (χ2n) is 19.7. The van der Waals surface area contributed by atoms with Gasteiger partial charge >= 0.3 is 0 Å². The molecule has 4 aliphatic carbocycles. The molecule has 4 aliphatic heterocycles. The van der Waals surface area contributed by atoms with E-state index in [1.807, 2.05) is 58.0 Å². The van der Waals surface area contributed by atoms with Gasteiger partial charge in [0.25, 0.3) is 0 Å². The lowest BCUT2D eigenvalue weighted by atomic mass is 9.87. The molecule has 4 N–H and O–H groups in total. The van der Waals surface area contributed by atoms with Gasteiger partial charge in [0.1, 0.15) is 24.2 Å². The van der Waals surface area contributed by atoms with Crippen molar-refractivity contribution in [2.24, 2.45) is 20.0 Å². The molecule has 4 aromatic rings. The van der Waals surface area contributed by atoms with Crippen LogP contribution in [0.5, 0.6) is 0 Å². The number of rotatable bonds is 4. The number of hydrogen-bond donors (Lipinski definition) is 4. The Balaban J connectivity index is 0.000000113. The largest absolute Gasteiger partial charge is 0.350 e. The van der Waals surface area contributed by atoms with E-state index in [2.05, 4.69) is 125 Å². The maximum absolute atomic E-state index is 4.87. The third-order valence-corrected chi connectivity index (χ3v) is 18.5. The lowest BCUT2D eigenvalue weighted by molar-refractivity contribution is 0.592. The number of allylic oxidation sites excluding steroid dienone is 4. The van der Waals surface area contributed by atoms with Crippen LogP contribution in [0.2, 0.25) is 0 Å². The molecule has 0 aromatic carbocycles. The Bertz CT molecular complexity index is 2790. The van der Waals surface area contributed by atoms with Crippen LogP contribution in [0.1, 0.15) is 189 Å². The van der Waals surface area contributed by atoms with Crippen molar-refractivity contribution in [3.8, 4) is 0 Å². The van der Waals surface area contributed by atoms with Crippen LogP contribution in [0, 0.1) is 55.4 Å². The lowest BCUT2D eigenvalue weighted by Crippen LogP contribution is -2.29. The summed E-state index contributed by atoms with van der Waals surface area (Å²) in [5.41, 5.74) is 17.5. The van der Waals surface area contributed by atoms with Gasteiger partial charge in [0, 0.05) is 61.8 Å². The van der Waals surface area contributed by atoms with Crippen molar-refractivity contribution in [1.82, 2.24) is 21.3 Å². The summed E-state index contributed by atoms with van der Waals surface area (Å²) in [6.07, 6.45) is 21.2. The van der Waals surface area contributed by atoms with Gasteiger partial charge < -0.3 is 21.3 Å². The highest BCUT2D eigenvalue weighted by Gasteiger charge is 2.31. The minimum atomic E-state index is 0.284. The van der Waals surface area contributed by atoms with Crippen molar-refractivity contribution in [3.63, 3.8) is 0 Å². The Hall–Kier alpha value is -4.36. The van der Waals surface area contributed by atoms with E-state index in [1.165, 1.54) is 196 Å². The number of nitrogens with one attached hydrogen (secondary N) is 4. The Morgan fingerprint density at radius 2 is 0.662 bits per heavy atom. The van der Waals surface area contributed by atoms with Gasteiger partial charge in [-0.05, 0) is 228 Å². The molecule has 0 bridgehead atoms. The van der Waals surface area contributed by atoms with E-state index >= 15 is 0 Å². The zero-order valence-electron chi connectivity index (χ0n) is 42.1. The number of thiophene rings is 4. The van der Waals surface area contributed by atoms with Crippen molar-refractivity contribution >= 4 is 69.7 Å². The molecule has 360 valence electrons. The van der Waals surface area contributed by atoms with Crippen LogP contribution >= 0.6 is 45.3 Å². The molecule has 0 radical (unpaired) electrons. The molecule has 0 saturated heterocycles. The van der Waals surface area contributed by atoms with E-state index in [4.69, 9.17) is 9.98 Å². The van der Waals surface area contributed by atoms with Gasteiger partial charge in [-0.15, -0.1) is 45.3 Å². The molecule has 12 heteroatoms. The molecule has 68 heavy (non-hydrogen) atoms. The summed E-state index contributed by atoms with van der Waals surface area (Å²) in [4.78, 5) is 30.2. The average Bonchev–Trinajstić information content (AvgIpc) is 4.20. The fraction of sp³-hybridized carbons (Fsp3) is 0.500. The monoisotopic (exact) mass is 984 g/mol. The van der Waals surface area contributed by atoms with Crippen LogP contribution in [-0.4, -0.2) is 24.3 Å². The first kappa shape index (κ1) is 48.7. The van der Waals surface area contributed by atoms with Crippen LogP contribution < -0.4 is 21.3 Å². The smallest absolute Gasteiger partial charge is 0.101 e. The lowest BCUT2D eigenvalue weighted by Gasteiger charge is -2.30. The molecule has 0 spiro atoms. The number of aliphatic imine (C=N–C) groups is 4. The molecule has 4 unspecified atom stereocenters. The van der Waals surface area contributed by atoms with E-state index in [9.17, 15) is 0 Å². The number of hydrogen-bond acceptors (Lipinski definition) is 12. The minimum Gasteiger partial charge on any atom is -0.350 e. The summed E-state index contributed by atoms with van der Waals surface area (Å²) in [6, 6.07) is 10.4. The van der Waals surface area contributed by atoms with Crippen molar-refractivity contribution in [3.05, 3.63) is 131 Å². The van der Waals surface area contributed by atoms with E-state index in [0.717, 1.165) is 11.7 Å². The predicted molar refractivity (Wildman–Crippen MR) is 295 cm³/mol. The standard InChI is InChI=1S/C15H20N2S.2C14H18N2S.C13H16N2S/c1-9-8-13(10(2)18-9)15-12-6-4-5-7-14(12)16-11(3)17-15;1-8-7-12(9(2)17-8)14-11-5-4-6-13(11)15-10(3)16-14;1-9-7-12(10(2)17-9)14-11-5-3-4-6-13(11)15-8-16-14;1-8-6-11(9(2)16-8)13-10-4-3-5-12(10)14-7-15-13/h8,15H,4-7H2,1-3H3,(H,16,17);7,14H,4-6H2,1-3H3,(H,15,16);7-8,14H,3-6H2,1-2H3,(H,15,16);6-7,13H,3-5H2,1-2H3,(H,14,15). The van der Waals surface area contributed by atoms with Gasteiger partial charge in [0.15, 0.2) is 0 Å². The Morgan fingerprint density at radius 1 is 0.368 bits per heavy atom. The molecule has 8 aliphatic rings. The third-order valence-electron chi connectivity index (χ3n) is 14.6. The predicted octanol–water partition coefficient (Wildman–Crippen LogP) is 15.5. The van der Waals surface area contributed by atoms with Crippen molar-refractivity contribution < 1.29 is 0 Å².